The molecule has 0 aromatic rings. The Labute approximate surface area is 205 Å². The minimum Gasteiger partial charge on any atom is -0.498 e. The van der Waals surface area contributed by atoms with Crippen LogP contribution in [0.4, 0.5) is 4.79 Å². The smallest absolute Gasteiger partial charge is 0.337 e. The van der Waals surface area contributed by atoms with Gasteiger partial charge in [0, 0.05) is 46.4 Å². The topological polar surface area (TPSA) is 91.3 Å². The minimum atomic E-state index is -0.312. The fourth-order valence-corrected chi connectivity index (χ4v) is 3.25. The van der Waals surface area contributed by atoms with Crippen LogP contribution in [0.25, 0.3) is 0 Å². The molecule has 32 heavy (non-hydrogen) atoms. The standard InChI is InChI=1S/C23H37IN4O4/c1-17(2)8-13-22(30)27(4)14-15-28(5)23(31)26-25-18(3)19-9-11-20(12-10-19)32-16-6-7-21(24)29/h9,11,17H,6-8,10,12-16H2,1-5H3,(H,26,31)/b25-18-. The number of halogens is 1. The predicted octanol–water partition coefficient (Wildman–Crippen LogP) is 4.26. The molecule has 9 heteroatoms. The number of allylic oxidation sites excluding steroid dienone is 4. The quantitative estimate of drug-likeness (QED) is 0.120. The van der Waals surface area contributed by atoms with E-state index in [2.05, 4.69) is 24.4 Å². The van der Waals surface area contributed by atoms with Crippen molar-refractivity contribution < 1.29 is 19.1 Å². The van der Waals surface area contributed by atoms with Crippen LogP contribution in [0.15, 0.2) is 28.6 Å². The molecule has 1 aliphatic carbocycles. The molecule has 3 amide bonds. The summed E-state index contributed by atoms with van der Waals surface area (Å²) < 4.78 is 5.84. The number of urea groups is 1. The number of carbonyl (C=O) groups is 3. The summed E-state index contributed by atoms with van der Waals surface area (Å²) in [6.07, 6.45) is 8.06. The highest BCUT2D eigenvalue weighted by Crippen LogP contribution is 2.20. The van der Waals surface area contributed by atoms with Gasteiger partial charge in [0.05, 0.1) is 18.1 Å². The summed E-state index contributed by atoms with van der Waals surface area (Å²) in [7, 11) is 3.45. The lowest BCUT2D eigenvalue weighted by Crippen LogP contribution is -2.41. The van der Waals surface area contributed by atoms with E-state index in [0.717, 1.165) is 42.7 Å². The Bertz CT molecular complexity index is 746. The van der Waals surface area contributed by atoms with E-state index in [1.165, 1.54) is 4.90 Å². The van der Waals surface area contributed by atoms with E-state index in [-0.39, 0.29) is 15.7 Å². The number of hydrogen-bond acceptors (Lipinski definition) is 5. The third kappa shape index (κ3) is 11.6. The molecule has 1 N–H and O–H groups in total. The normalized spacial score (nSPS) is 13.9. The molecule has 0 saturated carbocycles. The molecule has 0 atom stereocenters. The van der Waals surface area contributed by atoms with E-state index < -0.39 is 0 Å². The number of carbonyl (C=O) groups excluding carboxylic acids is 3. The second-order valence-electron chi connectivity index (χ2n) is 8.42. The average Bonchev–Trinajstić information content (AvgIpc) is 2.76. The van der Waals surface area contributed by atoms with Crippen LogP contribution in [0.2, 0.25) is 0 Å². The summed E-state index contributed by atoms with van der Waals surface area (Å²) >= 11 is 1.80. The van der Waals surface area contributed by atoms with Crippen LogP contribution in [0.3, 0.4) is 0 Å². The number of ether oxygens (including phenoxy) is 1. The first-order valence-electron chi connectivity index (χ1n) is 11.1. The van der Waals surface area contributed by atoms with Crippen molar-refractivity contribution in [2.24, 2.45) is 11.0 Å². The van der Waals surface area contributed by atoms with Crippen LogP contribution in [-0.4, -0.2) is 65.0 Å². The molecule has 0 unspecified atom stereocenters. The Morgan fingerprint density at radius 2 is 1.81 bits per heavy atom. The fraction of sp³-hybridized carbons (Fsp3) is 0.652. The lowest BCUT2D eigenvalue weighted by Gasteiger charge is -2.22. The zero-order valence-electron chi connectivity index (χ0n) is 19.9. The van der Waals surface area contributed by atoms with E-state index >= 15 is 0 Å². The van der Waals surface area contributed by atoms with Crippen LogP contribution >= 0.6 is 22.6 Å². The van der Waals surface area contributed by atoms with Gasteiger partial charge >= 0.3 is 6.03 Å². The largest absolute Gasteiger partial charge is 0.498 e. The van der Waals surface area contributed by atoms with E-state index in [4.69, 9.17) is 4.74 Å². The number of amides is 3. The van der Waals surface area contributed by atoms with Crippen LogP contribution in [0.5, 0.6) is 0 Å². The SMILES string of the molecule is C/C(=N/NC(=O)N(C)CCN(C)C(=O)CCC(C)C)C1=CC=C(OCCCC(=O)I)CC1. The minimum absolute atomic E-state index is 0.0977. The molecule has 0 spiro atoms. The molecule has 0 aliphatic heterocycles. The van der Waals surface area contributed by atoms with Crippen LogP contribution in [0, 0.1) is 5.92 Å². The monoisotopic (exact) mass is 560 g/mol. The highest BCUT2D eigenvalue weighted by atomic mass is 127. The third-order valence-electron chi connectivity index (χ3n) is 5.18. The molecule has 0 fully saturated rings. The molecule has 8 nitrogen and oxygen atoms in total. The van der Waals surface area contributed by atoms with Crippen molar-refractivity contribution in [2.45, 2.75) is 59.3 Å². The number of hydrogen-bond donors (Lipinski definition) is 1. The summed E-state index contributed by atoms with van der Waals surface area (Å²) in [5.41, 5.74) is 4.37. The van der Waals surface area contributed by atoms with Crippen molar-refractivity contribution in [1.82, 2.24) is 15.2 Å². The van der Waals surface area contributed by atoms with Gasteiger partial charge in [-0.15, -0.1) is 0 Å². The highest BCUT2D eigenvalue weighted by Gasteiger charge is 2.14. The van der Waals surface area contributed by atoms with Gasteiger partial charge in [0.1, 0.15) is 0 Å². The maximum absolute atomic E-state index is 12.3. The summed E-state index contributed by atoms with van der Waals surface area (Å²) in [6, 6.07) is -0.312. The second kappa shape index (κ2) is 15.0. The van der Waals surface area contributed by atoms with Gasteiger partial charge in [-0.25, -0.2) is 10.2 Å². The zero-order chi connectivity index (χ0) is 24.1. The summed E-state index contributed by atoms with van der Waals surface area (Å²) in [5.74, 6) is 1.49. The second-order valence-corrected chi connectivity index (χ2v) is 9.62. The number of hydrazone groups is 1. The van der Waals surface area contributed by atoms with Gasteiger partial charge in [0.2, 0.25) is 5.91 Å². The van der Waals surface area contributed by atoms with E-state index in [1.807, 2.05) is 19.1 Å². The van der Waals surface area contributed by atoms with Gasteiger partial charge in [-0.1, -0.05) is 19.9 Å². The molecule has 180 valence electrons. The van der Waals surface area contributed by atoms with Crippen molar-refractivity contribution in [3.05, 3.63) is 23.5 Å². The number of rotatable bonds is 13. The highest BCUT2D eigenvalue weighted by molar-refractivity contribution is 14.1. The Morgan fingerprint density at radius 3 is 2.41 bits per heavy atom. The predicted molar refractivity (Wildman–Crippen MR) is 136 cm³/mol. The lowest BCUT2D eigenvalue weighted by atomic mass is 10.0. The maximum Gasteiger partial charge on any atom is 0.337 e. The number of nitrogens with one attached hydrogen (secondary N) is 1. The first-order valence-corrected chi connectivity index (χ1v) is 12.2. The molecule has 0 radical (unpaired) electrons. The molecule has 0 aromatic carbocycles. The molecule has 0 bridgehead atoms. The van der Waals surface area contributed by atoms with Gasteiger partial charge < -0.3 is 14.5 Å². The Kier molecular flexibility index (Phi) is 13.2. The number of likely N-dealkylation sites (N-methyl/N-ethyl adjacent to an activating group) is 2. The lowest BCUT2D eigenvalue weighted by molar-refractivity contribution is -0.130. The van der Waals surface area contributed by atoms with Gasteiger partial charge in [-0.05, 0) is 66.3 Å². The Balaban J connectivity index is 2.42. The first-order chi connectivity index (χ1) is 15.1. The summed E-state index contributed by atoms with van der Waals surface area (Å²) in [6.45, 7) is 7.50. The van der Waals surface area contributed by atoms with Crippen LogP contribution < -0.4 is 5.43 Å². The maximum atomic E-state index is 12.3. The van der Waals surface area contributed by atoms with Gasteiger partial charge in [-0.2, -0.15) is 5.10 Å². The molecule has 0 saturated heterocycles. The fourth-order valence-electron chi connectivity index (χ4n) is 2.87. The van der Waals surface area contributed by atoms with Crippen LogP contribution in [-0.2, 0) is 14.3 Å². The number of nitrogens with zero attached hydrogens (tertiary/aromatic N) is 3. The summed E-state index contributed by atoms with van der Waals surface area (Å²) in [5, 5.41) is 4.22. The molecular weight excluding hydrogens is 523 g/mol. The zero-order valence-corrected chi connectivity index (χ0v) is 22.1. The average molecular weight is 560 g/mol. The Hall–Kier alpha value is -1.91. The van der Waals surface area contributed by atoms with Crippen molar-refractivity contribution in [3.8, 4) is 0 Å². The van der Waals surface area contributed by atoms with Crippen molar-refractivity contribution in [3.63, 3.8) is 0 Å². The van der Waals surface area contributed by atoms with Gasteiger partial charge in [-0.3, -0.25) is 9.59 Å². The molecule has 0 aromatic heterocycles. The molecule has 0 heterocycles. The first kappa shape index (κ1) is 28.1. The molecule has 1 rings (SSSR count). The van der Waals surface area contributed by atoms with E-state index in [0.29, 0.717) is 38.5 Å². The molecule has 1 aliphatic rings. The summed E-state index contributed by atoms with van der Waals surface area (Å²) in [4.78, 5) is 38.5. The van der Waals surface area contributed by atoms with Crippen LogP contribution in [0.1, 0.15) is 59.3 Å². The van der Waals surface area contributed by atoms with Crippen molar-refractivity contribution >= 4 is 44.0 Å². The van der Waals surface area contributed by atoms with E-state index in [1.54, 1.807) is 41.6 Å². The molecular formula is C23H37IN4O4. The van der Waals surface area contributed by atoms with E-state index in [9.17, 15) is 14.4 Å². The Morgan fingerprint density at radius 1 is 1.12 bits per heavy atom. The van der Waals surface area contributed by atoms with Gasteiger partial charge in [0.15, 0.2) is 3.79 Å². The van der Waals surface area contributed by atoms with Crippen molar-refractivity contribution in [2.75, 3.05) is 33.8 Å². The van der Waals surface area contributed by atoms with Crippen molar-refractivity contribution in [1.29, 1.82) is 0 Å². The third-order valence-corrected chi connectivity index (χ3v) is 5.72. The van der Waals surface area contributed by atoms with Gasteiger partial charge in [0.25, 0.3) is 0 Å².